The van der Waals surface area contributed by atoms with Crippen molar-refractivity contribution in [3.05, 3.63) is 39.8 Å². The molecule has 1 aromatic carbocycles. The minimum absolute atomic E-state index is 0.0904. The van der Waals surface area contributed by atoms with Crippen molar-refractivity contribution < 1.29 is 8.42 Å². The average molecular weight is 321 g/mol. The molecule has 110 valence electrons. The third-order valence-electron chi connectivity index (χ3n) is 3.11. The molecule has 0 bridgehead atoms. The maximum absolute atomic E-state index is 12.4. The highest BCUT2D eigenvalue weighted by Gasteiger charge is 2.20. The molecule has 21 heavy (non-hydrogen) atoms. The van der Waals surface area contributed by atoms with Crippen molar-refractivity contribution in [1.29, 1.82) is 5.26 Å². The Bertz CT molecular complexity index is 826. The minimum atomic E-state index is -3.77. The zero-order chi connectivity index (χ0) is 15.8. The van der Waals surface area contributed by atoms with Crippen LogP contribution in [0.4, 0.5) is 10.7 Å². The first kappa shape index (κ1) is 15.4. The third kappa shape index (κ3) is 3.01. The van der Waals surface area contributed by atoms with E-state index in [1.807, 2.05) is 13.0 Å². The molecule has 0 aliphatic rings. The first-order valence-corrected chi connectivity index (χ1v) is 8.44. The van der Waals surface area contributed by atoms with E-state index in [1.165, 1.54) is 23.5 Å². The molecule has 0 fully saturated rings. The second-order valence-corrected chi connectivity index (χ2v) is 7.69. The summed E-state index contributed by atoms with van der Waals surface area (Å²) >= 11 is 1.25. The number of sulfonamides is 1. The summed E-state index contributed by atoms with van der Waals surface area (Å²) in [6.45, 7) is 5.42. The number of rotatable bonds is 3. The predicted molar refractivity (Wildman–Crippen MR) is 84.9 cm³/mol. The van der Waals surface area contributed by atoms with Crippen LogP contribution in [-0.4, -0.2) is 8.42 Å². The van der Waals surface area contributed by atoms with Gasteiger partial charge in [0.05, 0.1) is 10.5 Å². The first-order valence-electron chi connectivity index (χ1n) is 6.14. The maximum Gasteiger partial charge on any atom is 0.262 e. The van der Waals surface area contributed by atoms with E-state index >= 15 is 0 Å². The number of hydrogen-bond acceptors (Lipinski definition) is 5. The van der Waals surface area contributed by atoms with Crippen molar-refractivity contribution in [3.8, 4) is 6.07 Å². The van der Waals surface area contributed by atoms with Gasteiger partial charge in [0.15, 0.2) is 0 Å². The van der Waals surface area contributed by atoms with E-state index in [9.17, 15) is 13.7 Å². The number of anilines is 2. The van der Waals surface area contributed by atoms with Crippen molar-refractivity contribution in [3.63, 3.8) is 0 Å². The Balaban J connectivity index is 2.47. The predicted octanol–water partition coefficient (Wildman–Crippen LogP) is 2.93. The lowest BCUT2D eigenvalue weighted by atomic mass is 10.2. The summed E-state index contributed by atoms with van der Waals surface area (Å²) < 4.78 is 27.3. The van der Waals surface area contributed by atoms with Crippen molar-refractivity contribution in [1.82, 2.24) is 0 Å². The number of nitrogens with one attached hydrogen (secondary N) is 1. The fourth-order valence-corrected chi connectivity index (χ4v) is 4.40. The third-order valence-corrected chi connectivity index (χ3v) is 5.69. The molecule has 0 radical (unpaired) electrons. The van der Waals surface area contributed by atoms with Crippen LogP contribution in [0.2, 0.25) is 0 Å². The topological polar surface area (TPSA) is 96.0 Å². The number of nitriles is 1. The van der Waals surface area contributed by atoms with E-state index in [-0.39, 0.29) is 4.90 Å². The molecule has 0 spiro atoms. The van der Waals surface area contributed by atoms with E-state index in [0.29, 0.717) is 16.3 Å². The molecule has 1 aromatic heterocycles. The quantitative estimate of drug-likeness (QED) is 0.849. The maximum atomic E-state index is 12.4. The van der Waals surface area contributed by atoms with Gasteiger partial charge in [-0.05, 0) is 50.1 Å². The van der Waals surface area contributed by atoms with Crippen LogP contribution in [0, 0.1) is 32.1 Å². The fourth-order valence-electron chi connectivity index (χ4n) is 1.95. The highest BCUT2D eigenvalue weighted by molar-refractivity contribution is 7.93. The van der Waals surface area contributed by atoms with Crippen molar-refractivity contribution >= 4 is 32.0 Å². The van der Waals surface area contributed by atoms with Gasteiger partial charge in [0, 0.05) is 10.6 Å². The molecule has 0 amide bonds. The summed E-state index contributed by atoms with van der Waals surface area (Å²) in [5.41, 5.74) is 7.99. The van der Waals surface area contributed by atoms with Crippen LogP contribution in [-0.2, 0) is 10.0 Å². The molecule has 0 aliphatic heterocycles. The molecule has 0 atom stereocenters. The largest absolute Gasteiger partial charge is 0.399 e. The fraction of sp³-hybridized carbons (Fsp3) is 0.214. The van der Waals surface area contributed by atoms with Gasteiger partial charge >= 0.3 is 0 Å². The molecule has 0 unspecified atom stereocenters. The lowest BCUT2D eigenvalue weighted by Crippen LogP contribution is -2.13. The standard InChI is InChI=1S/C14H15N3O2S2/c1-8-4-11(16)6-12(5-8)21(18,19)17-14-13(7-15)9(2)10(3)20-14/h4-6,17H,16H2,1-3H3. The number of aryl methyl sites for hydroxylation is 2. The lowest BCUT2D eigenvalue weighted by molar-refractivity contribution is 0.601. The zero-order valence-electron chi connectivity index (χ0n) is 11.9. The summed E-state index contributed by atoms with van der Waals surface area (Å²) in [6, 6.07) is 6.67. The monoisotopic (exact) mass is 321 g/mol. The van der Waals surface area contributed by atoms with Gasteiger partial charge in [0.1, 0.15) is 11.1 Å². The molecule has 0 saturated carbocycles. The van der Waals surface area contributed by atoms with Crippen molar-refractivity contribution in [2.45, 2.75) is 25.7 Å². The van der Waals surface area contributed by atoms with Gasteiger partial charge < -0.3 is 5.73 Å². The summed E-state index contributed by atoms with van der Waals surface area (Å²) in [6.07, 6.45) is 0. The van der Waals surface area contributed by atoms with Gasteiger partial charge in [0.25, 0.3) is 10.0 Å². The molecule has 0 aliphatic carbocycles. The molecule has 3 N–H and O–H groups in total. The number of hydrogen-bond donors (Lipinski definition) is 2. The molecule has 1 heterocycles. The van der Waals surface area contributed by atoms with E-state index in [0.717, 1.165) is 16.0 Å². The first-order chi connectivity index (χ1) is 9.74. The normalized spacial score (nSPS) is 11.1. The van der Waals surface area contributed by atoms with Crippen LogP contribution in [0.15, 0.2) is 23.1 Å². The molecule has 2 rings (SSSR count). The molecular weight excluding hydrogens is 306 g/mol. The number of benzene rings is 1. The Hall–Kier alpha value is -2.04. The number of nitrogen functional groups attached to an aromatic ring is 1. The van der Waals surface area contributed by atoms with Crippen LogP contribution < -0.4 is 10.5 Å². The van der Waals surface area contributed by atoms with Crippen LogP contribution in [0.25, 0.3) is 0 Å². The minimum Gasteiger partial charge on any atom is -0.399 e. The number of thiophene rings is 1. The molecule has 0 saturated heterocycles. The highest BCUT2D eigenvalue weighted by atomic mass is 32.2. The molecule has 5 nitrogen and oxygen atoms in total. The lowest BCUT2D eigenvalue weighted by Gasteiger charge is -2.08. The van der Waals surface area contributed by atoms with Crippen LogP contribution in [0.1, 0.15) is 21.6 Å². The SMILES string of the molecule is Cc1cc(N)cc(S(=O)(=O)Nc2sc(C)c(C)c2C#N)c1. The van der Waals surface area contributed by atoms with E-state index in [4.69, 9.17) is 5.73 Å². The summed E-state index contributed by atoms with van der Waals surface area (Å²) in [4.78, 5) is 1.00. The van der Waals surface area contributed by atoms with Gasteiger partial charge in [0.2, 0.25) is 0 Å². The van der Waals surface area contributed by atoms with Gasteiger partial charge in [-0.1, -0.05) is 0 Å². The van der Waals surface area contributed by atoms with Gasteiger partial charge in [-0.3, -0.25) is 4.72 Å². The van der Waals surface area contributed by atoms with Gasteiger partial charge in [-0.25, -0.2) is 8.42 Å². The molecule has 7 heteroatoms. The highest BCUT2D eigenvalue weighted by Crippen LogP contribution is 2.33. The van der Waals surface area contributed by atoms with E-state index in [1.54, 1.807) is 19.9 Å². The zero-order valence-corrected chi connectivity index (χ0v) is 13.5. The van der Waals surface area contributed by atoms with Crippen molar-refractivity contribution in [2.24, 2.45) is 0 Å². The average Bonchev–Trinajstić information content (AvgIpc) is 2.62. The van der Waals surface area contributed by atoms with Crippen LogP contribution >= 0.6 is 11.3 Å². The van der Waals surface area contributed by atoms with Crippen LogP contribution in [0.5, 0.6) is 0 Å². The van der Waals surface area contributed by atoms with Gasteiger partial charge in [-0.15, -0.1) is 11.3 Å². The summed E-state index contributed by atoms with van der Waals surface area (Å²) in [7, 11) is -3.77. The number of nitrogens with zero attached hydrogens (tertiary/aromatic N) is 1. The Morgan fingerprint density at radius 1 is 1.24 bits per heavy atom. The smallest absolute Gasteiger partial charge is 0.262 e. The summed E-state index contributed by atoms with van der Waals surface area (Å²) in [5, 5.41) is 9.51. The van der Waals surface area contributed by atoms with Crippen LogP contribution in [0.3, 0.4) is 0 Å². The Morgan fingerprint density at radius 3 is 2.48 bits per heavy atom. The van der Waals surface area contributed by atoms with E-state index in [2.05, 4.69) is 4.72 Å². The Morgan fingerprint density at radius 2 is 1.90 bits per heavy atom. The molecular formula is C14H15N3O2S2. The number of nitrogens with two attached hydrogens (primary N) is 1. The van der Waals surface area contributed by atoms with Gasteiger partial charge in [-0.2, -0.15) is 5.26 Å². The van der Waals surface area contributed by atoms with E-state index < -0.39 is 10.0 Å². The second-order valence-electron chi connectivity index (χ2n) is 4.78. The summed E-state index contributed by atoms with van der Waals surface area (Å²) in [5.74, 6) is 0. The van der Waals surface area contributed by atoms with Crippen molar-refractivity contribution in [2.75, 3.05) is 10.5 Å². The Labute approximate surface area is 128 Å². The molecule has 2 aromatic rings. The second kappa shape index (κ2) is 5.39. The Kier molecular flexibility index (Phi) is 3.94.